The average molecular weight is 276 g/mol. The van der Waals surface area contributed by atoms with Gasteiger partial charge < -0.3 is 9.47 Å². The molecule has 2 heterocycles. The van der Waals surface area contributed by atoms with Gasteiger partial charge in [0.15, 0.2) is 0 Å². The standard InChI is InChI=1S/C12H20O3S2/c1-3-12(16-7-8-17-12)10-9(11(13)14-2)5-4-6-15-10/h9-10H,3-8H2,1-2H3/t9-,10+/m1/s1. The lowest BCUT2D eigenvalue weighted by Crippen LogP contribution is -2.47. The Kier molecular flexibility index (Phi) is 4.66. The monoisotopic (exact) mass is 276 g/mol. The molecule has 0 radical (unpaired) electrons. The summed E-state index contributed by atoms with van der Waals surface area (Å²) in [6.07, 6.45) is 2.93. The summed E-state index contributed by atoms with van der Waals surface area (Å²) in [6, 6.07) is 0. The van der Waals surface area contributed by atoms with Crippen molar-refractivity contribution in [3.63, 3.8) is 0 Å². The van der Waals surface area contributed by atoms with Gasteiger partial charge in [0, 0.05) is 18.1 Å². The second-order valence-electron chi connectivity index (χ2n) is 4.43. The molecule has 0 N–H and O–H groups in total. The zero-order chi connectivity index (χ0) is 12.3. The lowest BCUT2D eigenvalue weighted by atomic mass is 9.91. The second-order valence-corrected chi connectivity index (χ2v) is 7.53. The Bertz CT molecular complexity index is 277. The molecule has 0 spiro atoms. The number of hydrogen-bond acceptors (Lipinski definition) is 5. The summed E-state index contributed by atoms with van der Waals surface area (Å²) >= 11 is 3.92. The number of rotatable bonds is 3. The third-order valence-electron chi connectivity index (χ3n) is 3.53. The molecule has 2 atom stereocenters. The predicted molar refractivity (Wildman–Crippen MR) is 72.4 cm³/mol. The molecule has 0 aromatic rings. The Hall–Kier alpha value is 0.130. The molecule has 3 nitrogen and oxygen atoms in total. The number of carbonyl (C=O) groups is 1. The molecule has 2 rings (SSSR count). The summed E-state index contributed by atoms with van der Waals surface area (Å²) in [4.78, 5) is 11.9. The van der Waals surface area contributed by atoms with Gasteiger partial charge in [-0.15, -0.1) is 23.5 Å². The highest BCUT2D eigenvalue weighted by Crippen LogP contribution is 2.52. The molecular formula is C12H20O3S2. The Morgan fingerprint density at radius 2 is 2.18 bits per heavy atom. The summed E-state index contributed by atoms with van der Waals surface area (Å²) in [5.74, 6) is 2.14. The fraction of sp³-hybridized carbons (Fsp3) is 0.917. The van der Waals surface area contributed by atoms with Crippen molar-refractivity contribution in [3.05, 3.63) is 0 Å². The van der Waals surface area contributed by atoms with Crippen LogP contribution in [-0.2, 0) is 14.3 Å². The third kappa shape index (κ3) is 2.61. The minimum atomic E-state index is -0.101. The molecule has 2 saturated heterocycles. The summed E-state index contributed by atoms with van der Waals surface area (Å²) in [5.41, 5.74) is 0. The zero-order valence-corrected chi connectivity index (χ0v) is 12.1. The molecule has 2 fully saturated rings. The lowest BCUT2D eigenvalue weighted by molar-refractivity contribution is -0.155. The van der Waals surface area contributed by atoms with Gasteiger partial charge in [0.2, 0.25) is 0 Å². The van der Waals surface area contributed by atoms with Crippen LogP contribution in [0.3, 0.4) is 0 Å². The Labute approximate surface area is 111 Å². The summed E-state index contributed by atoms with van der Waals surface area (Å²) in [5, 5.41) is 0. The van der Waals surface area contributed by atoms with Crippen LogP contribution in [0.15, 0.2) is 0 Å². The maximum absolute atomic E-state index is 11.9. The molecule has 0 bridgehead atoms. The van der Waals surface area contributed by atoms with E-state index in [1.54, 1.807) is 0 Å². The summed E-state index contributed by atoms with van der Waals surface area (Å²) < 4.78 is 10.9. The van der Waals surface area contributed by atoms with Gasteiger partial charge >= 0.3 is 5.97 Å². The van der Waals surface area contributed by atoms with Crippen LogP contribution in [0.1, 0.15) is 26.2 Å². The number of thioether (sulfide) groups is 2. The highest BCUT2D eigenvalue weighted by molar-refractivity contribution is 8.21. The number of carbonyl (C=O) groups excluding carboxylic acids is 1. The minimum Gasteiger partial charge on any atom is -0.469 e. The van der Waals surface area contributed by atoms with E-state index < -0.39 is 0 Å². The average Bonchev–Trinajstić information content (AvgIpc) is 2.88. The number of hydrogen-bond donors (Lipinski definition) is 0. The predicted octanol–water partition coefficient (Wildman–Crippen LogP) is 2.54. The van der Waals surface area contributed by atoms with Crippen molar-refractivity contribution in [1.29, 1.82) is 0 Å². The molecule has 0 aliphatic carbocycles. The molecule has 0 unspecified atom stereocenters. The van der Waals surface area contributed by atoms with E-state index in [9.17, 15) is 4.79 Å². The van der Waals surface area contributed by atoms with Crippen molar-refractivity contribution in [1.82, 2.24) is 0 Å². The van der Waals surface area contributed by atoms with E-state index in [-0.39, 0.29) is 22.1 Å². The molecule has 0 saturated carbocycles. The largest absolute Gasteiger partial charge is 0.469 e. The first kappa shape index (κ1) is 13.6. The van der Waals surface area contributed by atoms with Gasteiger partial charge in [0.25, 0.3) is 0 Å². The van der Waals surface area contributed by atoms with Crippen LogP contribution < -0.4 is 0 Å². The van der Waals surface area contributed by atoms with Gasteiger partial charge in [-0.05, 0) is 19.3 Å². The SMILES string of the molecule is CCC1([C@H]2OCCC[C@H]2C(=O)OC)SCCS1. The van der Waals surface area contributed by atoms with E-state index in [4.69, 9.17) is 9.47 Å². The van der Waals surface area contributed by atoms with Gasteiger partial charge in [-0.25, -0.2) is 0 Å². The van der Waals surface area contributed by atoms with Crippen molar-refractivity contribution < 1.29 is 14.3 Å². The van der Waals surface area contributed by atoms with Crippen LogP contribution in [0.5, 0.6) is 0 Å². The van der Waals surface area contributed by atoms with E-state index >= 15 is 0 Å². The van der Waals surface area contributed by atoms with Crippen molar-refractivity contribution >= 4 is 29.5 Å². The van der Waals surface area contributed by atoms with Crippen molar-refractivity contribution in [2.24, 2.45) is 5.92 Å². The van der Waals surface area contributed by atoms with E-state index in [2.05, 4.69) is 6.92 Å². The second kappa shape index (κ2) is 5.85. The Balaban J connectivity index is 2.17. The Morgan fingerprint density at radius 1 is 1.47 bits per heavy atom. The van der Waals surface area contributed by atoms with Crippen molar-refractivity contribution in [3.8, 4) is 0 Å². The van der Waals surface area contributed by atoms with Crippen LogP contribution in [0.25, 0.3) is 0 Å². The summed E-state index contributed by atoms with van der Waals surface area (Å²) in [7, 11) is 1.47. The third-order valence-corrected chi connectivity index (χ3v) is 7.33. The van der Waals surface area contributed by atoms with Gasteiger partial charge in [0.05, 0.1) is 23.2 Å². The molecule has 2 aliphatic rings. The first-order valence-electron chi connectivity index (χ1n) is 6.21. The molecule has 2 aliphatic heterocycles. The number of ether oxygens (including phenoxy) is 2. The van der Waals surface area contributed by atoms with Crippen LogP contribution in [0.2, 0.25) is 0 Å². The van der Waals surface area contributed by atoms with Crippen LogP contribution in [-0.4, -0.2) is 41.4 Å². The number of esters is 1. The zero-order valence-electron chi connectivity index (χ0n) is 10.4. The number of methoxy groups -OCH3 is 1. The maximum atomic E-state index is 11.9. The molecule has 0 amide bonds. The van der Waals surface area contributed by atoms with Crippen LogP contribution in [0.4, 0.5) is 0 Å². The quantitative estimate of drug-likeness (QED) is 0.740. The Morgan fingerprint density at radius 3 is 2.76 bits per heavy atom. The van der Waals surface area contributed by atoms with Crippen LogP contribution >= 0.6 is 23.5 Å². The topological polar surface area (TPSA) is 35.5 Å². The van der Waals surface area contributed by atoms with Gasteiger partial charge in [-0.3, -0.25) is 4.79 Å². The van der Waals surface area contributed by atoms with E-state index in [0.717, 1.165) is 37.4 Å². The molecule has 0 aromatic carbocycles. The molecule has 17 heavy (non-hydrogen) atoms. The molecular weight excluding hydrogens is 256 g/mol. The lowest BCUT2D eigenvalue weighted by Gasteiger charge is -2.41. The smallest absolute Gasteiger partial charge is 0.311 e. The minimum absolute atomic E-state index is 0.0196. The fourth-order valence-electron chi connectivity index (χ4n) is 2.65. The van der Waals surface area contributed by atoms with Gasteiger partial charge in [-0.1, -0.05) is 6.92 Å². The molecule has 98 valence electrons. The molecule has 0 aromatic heterocycles. The highest BCUT2D eigenvalue weighted by atomic mass is 32.2. The van der Waals surface area contributed by atoms with E-state index in [0.29, 0.717) is 0 Å². The first-order chi connectivity index (χ1) is 8.23. The highest BCUT2D eigenvalue weighted by Gasteiger charge is 2.49. The van der Waals surface area contributed by atoms with Crippen molar-refractivity contribution in [2.75, 3.05) is 25.2 Å². The van der Waals surface area contributed by atoms with E-state index in [1.165, 1.54) is 7.11 Å². The van der Waals surface area contributed by atoms with E-state index in [1.807, 2.05) is 23.5 Å². The van der Waals surface area contributed by atoms with Gasteiger partial charge in [0.1, 0.15) is 0 Å². The first-order valence-corrected chi connectivity index (χ1v) is 8.18. The molecule has 5 heteroatoms. The fourth-order valence-corrected chi connectivity index (χ4v) is 6.04. The van der Waals surface area contributed by atoms with Crippen molar-refractivity contribution in [2.45, 2.75) is 36.4 Å². The maximum Gasteiger partial charge on any atom is 0.311 e. The normalized spacial score (nSPS) is 32.4. The van der Waals surface area contributed by atoms with Gasteiger partial charge in [-0.2, -0.15) is 0 Å². The van der Waals surface area contributed by atoms with Crippen LogP contribution in [0, 0.1) is 5.92 Å². The summed E-state index contributed by atoms with van der Waals surface area (Å²) in [6.45, 7) is 2.97.